The average molecular weight is 380 g/mol. The van der Waals surface area contributed by atoms with Crippen LogP contribution in [-0.4, -0.2) is 21.0 Å². The van der Waals surface area contributed by atoms with Crippen molar-refractivity contribution in [3.05, 3.63) is 65.7 Å². The van der Waals surface area contributed by atoms with Crippen LogP contribution in [0.1, 0.15) is 23.1 Å². The van der Waals surface area contributed by atoms with E-state index >= 15 is 0 Å². The van der Waals surface area contributed by atoms with E-state index in [2.05, 4.69) is 9.97 Å². The van der Waals surface area contributed by atoms with Crippen LogP contribution < -0.4 is 0 Å². The van der Waals surface area contributed by atoms with Gasteiger partial charge in [-0.15, -0.1) is 0 Å². The first-order valence-corrected chi connectivity index (χ1v) is 8.44. The third-order valence-electron chi connectivity index (χ3n) is 3.61. The largest absolute Gasteiger partial charge is 0.451 e. The van der Waals surface area contributed by atoms with E-state index in [1.165, 1.54) is 18.2 Å². The number of benzene rings is 2. The van der Waals surface area contributed by atoms with E-state index in [1.807, 2.05) is 0 Å². The number of hydrogen-bond donors (Lipinski definition) is 0. The van der Waals surface area contributed by atoms with Crippen LogP contribution in [0.3, 0.4) is 0 Å². The quantitative estimate of drug-likeness (QED) is 0.272. The van der Waals surface area contributed by atoms with Crippen molar-refractivity contribution in [3.8, 4) is 0 Å². The van der Waals surface area contributed by atoms with E-state index in [4.69, 9.17) is 0 Å². The number of para-hydroxylation sites is 1. The summed E-state index contributed by atoms with van der Waals surface area (Å²) >= 11 is 0.916. The number of alkyl halides is 3. The van der Waals surface area contributed by atoms with Gasteiger partial charge in [0.25, 0.3) is 0 Å². The van der Waals surface area contributed by atoms with Gasteiger partial charge in [0.2, 0.25) is 5.82 Å². The Hall–Kier alpha value is -2.48. The van der Waals surface area contributed by atoms with Crippen molar-refractivity contribution in [1.29, 1.82) is 0 Å². The third-order valence-corrected chi connectivity index (χ3v) is 4.71. The average Bonchev–Trinajstić information content (AvgIpc) is 2.61. The lowest BCUT2D eigenvalue weighted by atomic mass is 10.1. The number of halogens is 4. The molecule has 1 aromatic heterocycles. The van der Waals surface area contributed by atoms with Crippen LogP contribution in [0.2, 0.25) is 0 Å². The van der Waals surface area contributed by atoms with E-state index < -0.39 is 23.1 Å². The molecule has 1 heterocycles. The fourth-order valence-electron chi connectivity index (χ4n) is 2.33. The summed E-state index contributed by atoms with van der Waals surface area (Å²) in [5.74, 6) is -2.05. The van der Waals surface area contributed by atoms with Crippen molar-refractivity contribution < 1.29 is 22.4 Å². The van der Waals surface area contributed by atoms with E-state index in [9.17, 15) is 22.4 Å². The van der Waals surface area contributed by atoms with Gasteiger partial charge in [0.1, 0.15) is 10.8 Å². The fraction of sp³-hybridized carbons (Fsp3) is 0.167. The van der Waals surface area contributed by atoms with Gasteiger partial charge < -0.3 is 0 Å². The molecular weight excluding hydrogens is 368 g/mol. The molecule has 0 saturated heterocycles. The molecule has 0 saturated carbocycles. The molecule has 0 aliphatic heterocycles. The molecule has 0 bridgehead atoms. The number of rotatable bonds is 4. The summed E-state index contributed by atoms with van der Waals surface area (Å²) < 4.78 is 52.2. The summed E-state index contributed by atoms with van der Waals surface area (Å²) in [6.45, 7) is 1.57. The van der Waals surface area contributed by atoms with Crippen LogP contribution >= 0.6 is 11.8 Å². The highest BCUT2D eigenvalue weighted by atomic mass is 32.2. The molecule has 2 aromatic carbocycles. The van der Waals surface area contributed by atoms with Gasteiger partial charge in [0.15, 0.2) is 5.78 Å². The predicted octanol–water partition coefficient (Wildman–Crippen LogP) is 5.15. The number of carbonyl (C=O) groups excluding carboxylic acids is 1. The number of thioether (sulfide) groups is 1. The molecule has 1 atom stereocenters. The summed E-state index contributed by atoms with van der Waals surface area (Å²) in [5.41, 5.74) is 0.430. The van der Waals surface area contributed by atoms with Crippen LogP contribution in [0.15, 0.2) is 53.6 Å². The fourth-order valence-corrected chi connectivity index (χ4v) is 3.35. The minimum atomic E-state index is -4.69. The zero-order valence-electron chi connectivity index (χ0n) is 13.4. The van der Waals surface area contributed by atoms with E-state index in [1.54, 1.807) is 25.1 Å². The van der Waals surface area contributed by atoms with E-state index in [0.29, 0.717) is 5.39 Å². The number of carbonyl (C=O) groups is 1. The van der Waals surface area contributed by atoms with Gasteiger partial charge in [-0.2, -0.15) is 13.2 Å². The van der Waals surface area contributed by atoms with Gasteiger partial charge in [-0.3, -0.25) is 4.79 Å². The number of aromatic nitrogens is 2. The number of nitrogens with zero attached hydrogens (tertiary/aromatic N) is 2. The molecule has 134 valence electrons. The summed E-state index contributed by atoms with van der Waals surface area (Å²) in [6.07, 6.45) is -4.69. The Morgan fingerprint density at radius 2 is 1.69 bits per heavy atom. The van der Waals surface area contributed by atoms with Crippen LogP contribution in [0.4, 0.5) is 17.6 Å². The minimum Gasteiger partial charge on any atom is -0.293 e. The van der Waals surface area contributed by atoms with Crippen molar-refractivity contribution in [2.45, 2.75) is 23.4 Å². The molecule has 3 rings (SSSR count). The molecule has 8 heteroatoms. The van der Waals surface area contributed by atoms with E-state index in [-0.39, 0.29) is 21.9 Å². The Morgan fingerprint density at radius 1 is 1.04 bits per heavy atom. The van der Waals surface area contributed by atoms with Crippen molar-refractivity contribution in [2.24, 2.45) is 0 Å². The maximum absolute atomic E-state index is 13.1. The Morgan fingerprint density at radius 3 is 2.35 bits per heavy atom. The molecule has 0 fully saturated rings. The molecule has 0 radical (unpaired) electrons. The van der Waals surface area contributed by atoms with Crippen molar-refractivity contribution in [3.63, 3.8) is 0 Å². The number of ketones is 1. The van der Waals surface area contributed by atoms with Crippen LogP contribution in [0.5, 0.6) is 0 Å². The summed E-state index contributed by atoms with van der Waals surface area (Å²) in [5, 5.41) is -0.199. The number of Topliss-reactive ketones (excluding diaryl/α,β-unsaturated/α-hetero) is 1. The minimum absolute atomic E-state index is 0.0749. The molecule has 3 aromatic rings. The van der Waals surface area contributed by atoms with Gasteiger partial charge in [-0.1, -0.05) is 30.0 Å². The summed E-state index contributed by atoms with van der Waals surface area (Å²) in [4.78, 5) is 19.6. The van der Waals surface area contributed by atoms with Gasteiger partial charge in [-0.05, 0) is 37.3 Å². The topological polar surface area (TPSA) is 42.9 Å². The normalized spacial score (nSPS) is 13.0. The molecule has 0 aliphatic rings. The third kappa shape index (κ3) is 3.85. The Bertz CT molecular complexity index is 958. The monoisotopic (exact) mass is 380 g/mol. The first kappa shape index (κ1) is 18.3. The van der Waals surface area contributed by atoms with Crippen LogP contribution in [0.25, 0.3) is 10.9 Å². The zero-order chi connectivity index (χ0) is 18.9. The van der Waals surface area contributed by atoms with E-state index in [0.717, 1.165) is 23.9 Å². The van der Waals surface area contributed by atoms with Gasteiger partial charge >= 0.3 is 6.18 Å². The van der Waals surface area contributed by atoms with Gasteiger partial charge in [0.05, 0.1) is 10.8 Å². The highest BCUT2D eigenvalue weighted by Gasteiger charge is 2.36. The summed E-state index contributed by atoms with van der Waals surface area (Å²) in [6, 6.07) is 11.3. The molecule has 26 heavy (non-hydrogen) atoms. The maximum atomic E-state index is 13.1. The lowest BCUT2D eigenvalue weighted by Crippen LogP contribution is -2.16. The Labute approximate surface area is 150 Å². The molecular formula is C18H12F4N2OS. The van der Waals surface area contributed by atoms with Crippen LogP contribution in [-0.2, 0) is 6.18 Å². The molecule has 3 nitrogen and oxygen atoms in total. The van der Waals surface area contributed by atoms with Crippen molar-refractivity contribution >= 4 is 28.4 Å². The molecule has 0 amide bonds. The highest BCUT2D eigenvalue weighted by molar-refractivity contribution is 8.00. The second-order valence-electron chi connectivity index (χ2n) is 5.50. The lowest BCUT2D eigenvalue weighted by Gasteiger charge is -2.13. The standard InChI is InChI=1S/C18H12F4N2OS/c1-10(15(25)11-6-8-12(19)9-7-11)26-16-13-4-2-3-5-14(13)23-17(24-16)18(20,21)22/h2-10H,1H3/t10-/m0/s1. The second-order valence-corrected chi connectivity index (χ2v) is 6.83. The SMILES string of the molecule is C[C@H](Sc1nc(C(F)(F)F)nc2ccccc12)C(=O)c1ccc(F)cc1. The van der Waals surface area contributed by atoms with Crippen LogP contribution in [0, 0.1) is 5.82 Å². The second kappa shape index (κ2) is 7.03. The van der Waals surface area contributed by atoms with Crippen molar-refractivity contribution in [1.82, 2.24) is 9.97 Å². The smallest absolute Gasteiger partial charge is 0.293 e. The first-order chi connectivity index (χ1) is 12.3. The summed E-state index contributed by atoms with van der Waals surface area (Å²) in [7, 11) is 0. The number of hydrogen-bond acceptors (Lipinski definition) is 4. The van der Waals surface area contributed by atoms with Gasteiger partial charge in [0, 0.05) is 10.9 Å². The molecule has 0 spiro atoms. The molecule has 0 N–H and O–H groups in total. The molecule has 0 aliphatic carbocycles. The number of fused-ring (bicyclic) bond motifs is 1. The highest BCUT2D eigenvalue weighted by Crippen LogP contribution is 2.34. The van der Waals surface area contributed by atoms with Crippen molar-refractivity contribution in [2.75, 3.05) is 0 Å². The lowest BCUT2D eigenvalue weighted by molar-refractivity contribution is -0.145. The van der Waals surface area contributed by atoms with Gasteiger partial charge in [-0.25, -0.2) is 14.4 Å². The molecule has 0 unspecified atom stereocenters. The predicted molar refractivity (Wildman–Crippen MR) is 90.6 cm³/mol. The zero-order valence-corrected chi connectivity index (χ0v) is 14.2. The Kier molecular flexibility index (Phi) is 4.95. The maximum Gasteiger partial charge on any atom is 0.451 e. The Balaban J connectivity index is 1.96. The first-order valence-electron chi connectivity index (χ1n) is 7.56.